The van der Waals surface area contributed by atoms with Crippen molar-refractivity contribution in [1.82, 2.24) is 29.9 Å². The third-order valence-electron chi connectivity index (χ3n) is 2.77. The van der Waals surface area contributed by atoms with E-state index in [2.05, 4.69) is 25.3 Å². The minimum atomic E-state index is 0.543. The maximum Gasteiger partial charge on any atom is 0.228 e. The molecule has 3 heterocycles. The van der Waals surface area contributed by atoms with E-state index >= 15 is 0 Å². The Morgan fingerprint density at radius 1 is 1.40 bits per heavy atom. The largest absolute Gasteiger partial charge is 0.339 e. The number of aryl methyl sites for hydroxylation is 2. The number of rotatable bonds is 4. The molecule has 0 amide bonds. The molecular weight excluding hydrogens is 276 g/mol. The molecule has 20 heavy (non-hydrogen) atoms. The Morgan fingerprint density at radius 2 is 2.30 bits per heavy atom. The second kappa shape index (κ2) is 5.33. The molecule has 0 atom stereocenters. The maximum atomic E-state index is 5.24. The first-order chi connectivity index (χ1) is 9.74. The Labute approximate surface area is 119 Å². The van der Waals surface area contributed by atoms with Crippen LogP contribution in [0.25, 0.3) is 11.5 Å². The smallest absolute Gasteiger partial charge is 0.228 e. The van der Waals surface area contributed by atoms with Crippen LogP contribution in [-0.4, -0.2) is 29.9 Å². The number of H-pyrrole nitrogens is 1. The predicted molar refractivity (Wildman–Crippen MR) is 73.4 cm³/mol. The summed E-state index contributed by atoms with van der Waals surface area (Å²) in [6.07, 6.45) is 2.31. The van der Waals surface area contributed by atoms with Crippen LogP contribution in [0.3, 0.4) is 0 Å². The maximum absolute atomic E-state index is 5.24. The first-order valence-electron chi connectivity index (χ1n) is 6.10. The van der Waals surface area contributed by atoms with Crippen molar-refractivity contribution >= 4 is 12.2 Å². The third kappa shape index (κ3) is 2.50. The van der Waals surface area contributed by atoms with Crippen molar-refractivity contribution in [2.24, 2.45) is 0 Å². The zero-order valence-electron chi connectivity index (χ0n) is 10.8. The van der Waals surface area contributed by atoms with Gasteiger partial charge in [-0.2, -0.15) is 10.1 Å². The summed E-state index contributed by atoms with van der Waals surface area (Å²) in [5, 5.41) is 10.8. The molecule has 0 spiro atoms. The SMILES string of the molecule is Cc1noc(CCn2c(-c3ccccn3)n[nH]c2=S)n1. The molecule has 0 fully saturated rings. The average molecular weight is 288 g/mol. The van der Waals surface area contributed by atoms with Gasteiger partial charge in [0.15, 0.2) is 16.4 Å². The molecule has 0 saturated heterocycles. The fourth-order valence-electron chi connectivity index (χ4n) is 1.86. The second-order valence-corrected chi connectivity index (χ2v) is 4.59. The molecule has 0 bridgehead atoms. The number of hydrogen-bond donors (Lipinski definition) is 1. The van der Waals surface area contributed by atoms with Crippen molar-refractivity contribution in [2.45, 2.75) is 19.9 Å². The Kier molecular flexibility index (Phi) is 3.38. The van der Waals surface area contributed by atoms with E-state index in [9.17, 15) is 0 Å². The number of pyridine rings is 1. The third-order valence-corrected chi connectivity index (χ3v) is 3.08. The van der Waals surface area contributed by atoms with E-state index in [0.717, 1.165) is 5.69 Å². The van der Waals surface area contributed by atoms with Gasteiger partial charge in [-0.3, -0.25) is 14.6 Å². The molecule has 8 heteroatoms. The van der Waals surface area contributed by atoms with Gasteiger partial charge >= 0.3 is 0 Å². The van der Waals surface area contributed by atoms with Crippen LogP contribution in [0.2, 0.25) is 0 Å². The van der Waals surface area contributed by atoms with Gasteiger partial charge in [0, 0.05) is 19.2 Å². The Hall–Kier alpha value is -2.35. The summed E-state index contributed by atoms with van der Waals surface area (Å²) in [6.45, 7) is 2.39. The van der Waals surface area contributed by atoms with Gasteiger partial charge in [-0.25, -0.2) is 0 Å². The van der Waals surface area contributed by atoms with E-state index < -0.39 is 0 Å². The minimum Gasteiger partial charge on any atom is -0.339 e. The monoisotopic (exact) mass is 288 g/mol. The molecule has 0 saturated carbocycles. The summed E-state index contributed by atoms with van der Waals surface area (Å²) in [4.78, 5) is 8.45. The van der Waals surface area contributed by atoms with Gasteiger partial charge in [0.25, 0.3) is 0 Å². The zero-order chi connectivity index (χ0) is 13.9. The summed E-state index contributed by atoms with van der Waals surface area (Å²) in [7, 11) is 0. The summed E-state index contributed by atoms with van der Waals surface area (Å²) in [6, 6.07) is 5.65. The molecule has 0 radical (unpaired) electrons. The van der Waals surface area contributed by atoms with Crippen LogP contribution in [-0.2, 0) is 13.0 Å². The number of aromatic nitrogens is 6. The summed E-state index contributed by atoms with van der Waals surface area (Å²) in [5.74, 6) is 1.91. The van der Waals surface area contributed by atoms with Gasteiger partial charge in [0.1, 0.15) is 5.69 Å². The first kappa shape index (κ1) is 12.7. The van der Waals surface area contributed by atoms with Crippen LogP contribution in [0.1, 0.15) is 11.7 Å². The Morgan fingerprint density at radius 3 is 3.00 bits per heavy atom. The number of hydrogen-bond acceptors (Lipinski definition) is 6. The van der Waals surface area contributed by atoms with Crippen LogP contribution in [0.5, 0.6) is 0 Å². The van der Waals surface area contributed by atoms with Gasteiger partial charge < -0.3 is 4.52 Å². The van der Waals surface area contributed by atoms with Crippen LogP contribution in [0.15, 0.2) is 28.9 Å². The van der Waals surface area contributed by atoms with Gasteiger partial charge in [-0.05, 0) is 31.3 Å². The molecule has 102 valence electrons. The van der Waals surface area contributed by atoms with E-state index in [4.69, 9.17) is 16.7 Å². The number of nitrogens with one attached hydrogen (secondary N) is 1. The highest BCUT2D eigenvalue weighted by atomic mass is 32.1. The van der Waals surface area contributed by atoms with E-state index in [-0.39, 0.29) is 0 Å². The number of aromatic amines is 1. The summed E-state index contributed by atoms with van der Waals surface area (Å²) >= 11 is 5.24. The number of nitrogens with zero attached hydrogens (tertiary/aromatic N) is 5. The van der Waals surface area contributed by atoms with Crippen molar-refractivity contribution in [3.8, 4) is 11.5 Å². The van der Waals surface area contributed by atoms with Crippen LogP contribution < -0.4 is 0 Å². The molecule has 3 rings (SSSR count). The summed E-state index contributed by atoms with van der Waals surface area (Å²) in [5.41, 5.74) is 0.765. The Balaban J connectivity index is 1.86. The molecule has 0 aliphatic rings. The molecule has 0 aliphatic heterocycles. The molecule has 0 aliphatic carbocycles. The van der Waals surface area contributed by atoms with Crippen molar-refractivity contribution < 1.29 is 4.52 Å². The van der Waals surface area contributed by atoms with Gasteiger partial charge in [0.05, 0.1) is 0 Å². The summed E-state index contributed by atoms with van der Waals surface area (Å²) < 4.78 is 7.51. The van der Waals surface area contributed by atoms with Crippen molar-refractivity contribution in [3.05, 3.63) is 40.9 Å². The molecule has 0 aromatic carbocycles. The lowest BCUT2D eigenvalue weighted by Crippen LogP contribution is -2.04. The lowest BCUT2D eigenvalue weighted by Gasteiger charge is -2.04. The predicted octanol–water partition coefficient (Wildman–Crippen LogP) is 1.94. The molecule has 3 aromatic rings. The van der Waals surface area contributed by atoms with Crippen LogP contribution in [0, 0.1) is 11.7 Å². The zero-order valence-corrected chi connectivity index (χ0v) is 11.6. The molecule has 1 N–H and O–H groups in total. The van der Waals surface area contributed by atoms with Gasteiger partial charge in [-0.1, -0.05) is 11.2 Å². The quantitative estimate of drug-likeness (QED) is 0.738. The highest BCUT2D eigenvalue weighted by molar-refractivity contribution is 7.71. The van der Waals surface area contributed by atoms with E-state index in [0.29, 0.717) is 35.3 Å². The molecule has 7 nitrogen and oxygen atoms in total. The molecular formula is C12H12N6OS. The van der Waals surface area contributed by atoms with Gasteiger partial charge in [-0.15, -0.1) is 0 Å². The second-order valence-electron chi connectivity index (χ2n) is 4.20. The topological polar surface area (TPSA) is 85.4 Å². The van der Waals surface area contributed by atoms with Crippen LogP contribution in [0.4, 0.5) is 0 Å². The molecule has 3 aromatic heterocycles. The van der Waals surface area contributed by atoms with E-state index in [1.165, 1.54) is 0 Å². The lowest BCUT2D eigenvalue weighted by atomic mass is 10.3. The Bertz CT molecular complexity index is 760. The first-order valence-corrected chi connectivity index (χ1v) is 6.50. The van der Waals surface area contributed by atoms with E-state index in [1.807, 2.05) is 22.8 Å². The fourth-order valence-corrected chi connectivity index (χ4v) is 2.09. The molecule has 0 unspecified atom stereocenters. The average Bonchev–Trinajstić information content (AvgIpc) is 3.04. The fraction of sp³-hybridized carbons (Fsp3) is 0.250. The standard InChI is InChI=1S/C12H12N6OS/c1-8-14-10(19-17-8)5-7-18-11(15-16-12(18)20)9-4-2-3-6-13-9/h2-4,6H,5,7H2,1H3,(H,16,20). The lowest BCUT2D eigenvalue weighted by molar-refractivity contribution is 0.368. The van der Waals surface area contributed by atoms with Crippen molar-refractivity contribution in [3.63, 3.8) is 0 Å². The van der Waals surface area contributed by atoms with Crippen molar-refractivity contribution in [2.75, 3.05) is 0 Å². The highest BCUT2D eigenvalue weighted by Crippen LogP contribution is 2.14. The normalized spacial score (nSPS) is 10.8. The van der Waals surface area contributed by atoms with Crippen molar-refractivity contribution in [1.29, 1.82) is 0 Å². The highest BCUT2D eigenvalue weighted by Gasteiger charge is 2.11. The van der Waals surface area contributed by atoms with E-state index in [1.54, 1.807) is 13.1 Å². The minimum absolute atomic E-state index is 0.543. The van der Waals surface area contributed by atoms with Gasteiger partial charge in [0.2, 0.25) is 5.89 Å². The van der Waals surface area contributed by atoms with Crippen LogP contribution >= 0.6 is 12.2 Å².